The van der Waals surface area contributed by atoms with Crippen LogP contribution in [0, 0.1) is 0 Å². The normalized spacial score (nSPS) is 10.5. The molecule has 7 nitrogen and oxygen atoms in total. The first kappa shape index (κ1) is 23.1. The van der Waals surface area contributed by atoms with Gasteiger partial charge in [0.1, 0.15) is 6.61 Å². The number of aromatic nitrogens is 1. The van der Waals surface area contributed by atoms with Gasteiger partial charge in [0.25, 0.3) is 0 Å². The molecule has 168 valence electrons. The minimum Gasteiger partial charge on any atom is -0.493 e. The molecule has 1 amide bonds. The van der Waals surface area contributed by atoms with Crippen molar-refractivity contribution in [2.24, 2.45) is 0 Å². The summed E-state index contributed by atoms with van der Waals surface area (Å²) in [6, 6.07) is 19.0. The molecule has 0 saturated heterocycles. The van der Waals surface area contributed by atoms with E-state index in [0.717, 1.165) is 16.8 Å². The number of nitrogens with zero attached hydrogens (tertiary/aromatic N) is 1. The molecule has 0 unspecified atom stereocenters. The molecule has 1 heterocycles. The number of rotatable bonds is 11. The van der Waals surface area contributed by atoms with Gasteiger partial charge in [-0.25, -0.2) is 4.98 Å². The Hall–Kier alpha value is -3.58. The zero-order chi connectivity index (χ0) is 22.8. The number of nitrogens with one attached hydrogen (secondary N) is 1. The average molecular weight is 437 g/mol. The predicted octanol–water partition coefficient (Wildman–Crippen LogP) is 4.36. The fourth-order valence-corrected chi connectivity index (χ4v) is 3.11. The molecule has 3 aromatic rings. The Morgan fingerprint density at radius 1 is 0.969 bits per heavy atom. The molecule has 0 atom stereocenters. The van der Waals surface area contributed by atoms with E-state index in [1.807, 2.05) is 67.6 Å². The first-order valence-corrected chi connectivity index (χ1v) is 10.4. The smallest absolute Gasteiger partial charge is 0.250 e. The van der Waals surface area contributed by atoms with Gasteiger partial charge >= 0.3 is 0 Å². The number of pyridine rings is 1. The average Bonchev–Trinajstić information content (AvgIpc) is 2.83. The van der Waals surface area contributed by atoms with Crippen molar-refractivity contribution in [2.75, 3.05) is 39.4 Å². The van der Waals surface area contributed by atoms with Crippen molar-refractivity contribution in [3.63, 3.8) is 0 Å². The maximum absolute atomic E-state index is 11.9. The van der Waals surface area contributed by atoms with E-state index in [2.05, 4.69) is 10.3 Å². The number of carbonyl (C=O) groups is 1. The predicted molar refractivity (Wildman–Crippen MR) is 124 cm³/mol. The number of carbonyl (C=O) groups excluding carboxylic acids is 1. The molecule has 0 spiro atoms. The monoisotopic (exact) mass is 436 g/mol. The van der Waals surface area contributed by atoms with Gasteiger partial charge in [-0.2, -0.15) is 0 Å². The van der Waals surface area contributed by atoms with Crippen LogP contribution in [0.5, 0.6) is 17.4 Å². The van der Waals surface area contributed by atoms with Crippen molar-refractivity contribution >= 4 is 11.6 Å². The van der Waals surface area contributed by atoms with Gasteiger partial charge in [0.2, 0.25) is 11.8 Å². The van der Waals surface area contributed by atoms with Crippen molar-refractivity contribution < 1.29 is 23.7 Å². The largest absolute Gasteiger partial charge is 0.493 e. The van der Waals surface area contributed by atoms with E-state index in [9.17, 15) is 4.79 Å². The van der Waals surface area contributed by atoms with Gasteiger partial charge in [0.05, 0.1) is 26.5 Å². The number of hydrogen-bond donors (Lipinski definition) is 1. The second-order valence-corrected chi connectivity index (χ2v) is 6.91. The Balaban J connectivity index is 1.62. The zero-order valence-corrected chi connectivity index (χ0v) is 18.6. The number of benzene rings is 2. The van der Waals surface area contributed by atoms with Crippen LogP contribution >= 0.6 is 0 Å². The van der Waals surface area contributed by atoms with Crippen LogP contribution in [-0.4, -0.2) is 44.9 Å². The zero-order valence-electron chi connectivity index (χ0n) is 18.6. The van der Waals surface area contributed by atoms with Crippen LogP contribution in [0.15, 0.2) is 60.7 Å². The van der Waals surface area contributed by atoms with Crippen molar-refractivity contribution in [3.05, 3.63) is 66.2 Å². The van der Waals surface area contributed by atoms with Gasteiger partial charge in [0, 0.05) is 30.3 Å². The van der Waals surface area contributed by atoms with E-state index in [-0.39, 0.29) is 12.5 Å². The van der Waals surface area contributed by atoms with Crippen LogP contribution in [-0.2, 0) is 16.0 Å². The third kappa shape index (κ3) is 6.46. The Labute approximate surface area is 188 Å². The van der Waals surface area contributed by atoms with Crippen molar-refractivity contribution in [3.8, 4) is 28.6 Å². The Kier molecular flexibility index (Phi) is 8.45. The third-order valence-electron chi connectivity index (χ3n) is 4.69. The quantitative estimate of drug-likeness (QED) is 0.481. The minimum atomic E-state index is -0.191. The number of hydrogen-bond acceptors (Lipinski definition) is 6. The molecule has 0 aliphatic rings. The third-order valence-corrected chi connectivity index (χ3v) is 4.69. The first-order valence-electron chi connectivity index (χ1n) is 10.4. The van der Waals surface area contributed by atoms with Gasteiger partial charge < -0.3 is 24.3 Å². The number of methoxy groups -OCH3 is 2. The summed E-state index contributed by atoms with van der Waals surface area (Å²) < 4.78 is 21.6. The summed E-state index contributed by atoms with van der Waals surface area (Å²) in [6.45, 7) is 2.85. The van der Waals surface area contributed by atoms with E-state index in [4.69, 9.17) is 18.9 Å². The molecule has 3 rings (SSSR count). The molecular formula is C25H28N2O5. The number of anilines is 1. The molecule has 0 aliphatic heterocycles. The fourth-order valence-electron chi connectivity index (χ4n) is 3.11. The van der Waals surface area contributed by atoms with Crippen LogP contribution < -0.4 is 19.5 Å². The highest BCUT2D eigenvalue weighted by Gasteiger charge is 2.07. The summed E-state index contributed by atoms with van der Waals surface area (Å²) in [4.78, 5) is 16.5. The lowest BCUT2D eigenvalue weighted by Crippen LogP contribution is -2.18. The van der Waals surface area contributed by atoms with E-state index in [0.29, 0.717) is 42.7 Å². The molecular weight excluding hydrogens is 408 g/mol. The highest BCUT2D eigenvalue weighted by molar-refractivity contribution is 5.92. The van der Waals surface area contributed by atoms with Crippen LogP contribution in [0.3, 0.4) is 0 Å². The summed E-state index contributed by atoms with van der Waals surface area (Å²) in [7, 11) is 3.23. The molecule has 0 radical (unpaired) electrons. The lowest BCUT2D eigenvalue weighted by Gasteiger charge is -2.11. The summed E-state index contributed by atoms with van der Waals surface area (Å²) >= 11 is 0. The Morgan fingerprint density at radius 2 is 1.78 bits per heavy atom. The number of amides is 1. The van der Waals surface area contributed by atoms with Crippen LogP contribution in [0.4, 0.5) is 5.69 Å². The Morgan fingerprint density at radius 3 is 2.56 bits per heavy atom. The second-order valence-electron chi connectivity index (χ2n) is 6.91. The van der Waals surface area contributed by atoms with E-state index >= 15 is 0 Å². The van der Waals surface area contributed by atoms with Crippen molar-refractivity contribution in [2.45, 2.75) is 13.3 Å². The molecule has 1 N–H and O–H groups in total. The molecule has 2 aromatic carbocycles. The van der Waals surface area contributed by atoms with E-state index < -0.39 is 0 Å². The lowest BCUT2D eigenvalue weighted by molar-refractivity contribution is -0.120. The lowest BCUT2D eigenvalue weighted by atomic mass is 10.1. The van der Waals surface area contributed by atoms with E-state index in [1.54, 1.807) is 14.2 Å². The van der Waals surface area contributed by atoms with Crippen LogP contribution in [0.2, 0.25) is 0 Å². The molecule has 32 heavy (non-hydrogen) atoms. The van der Waals surface area contributed by atoms with Crippen molar-refractivity contribution in [1.82, 2.24) is 4.98 Å². The van der Waals surface area contributed by atoms with Gasteiger partial charge in [-0.1, -0.05) is 24.3 Å². The molecule has 1 aromatic heterocycles. The molecule has 0 aliphatic carbocycles. The number of ether oxygens (including phenoxy) is 4. The minimum absolute atomic E-state index is 0.0301. The summed E-state index contributed by atoms with van der Waals surface area (Å²) in [6.07, 6.45) is 0.702. The van der Waals surface area contributed by atoms with Crippen molar-refractivity contribution in [1.29, 1.82) is 0 Å². The maximum atomic E-state index is 11.9. The molecule has 0 saturated carbocycles. The molecule has 0 fully saturated rings. The molecule has 7 heteroatoms. The summed E-state index contributed by atoms with van der Waals surface area (Å²) in [5, 5.41) is 2.83. The SMILES string of the molecule is CCOCC(=O)Nc1cccc(-c2cccc(OCCc3ccc(OC)c(OC)c3)n2)c1. The van der Waals surface area contributed by atoms with Gasteiger partial charge in [0.15, 0.2) is 11.5 Å². The highest BCUT2D eigenvalue weighted by atomic mass is 16.5. The second kappa shape index (κ2) is 11.7. The van der Waals surface area contributed by atoms with Crippen LogP contribution in [0.25, 0.3) is 11.3 Å². The van der Waals surface area contributed by atoms with Gasteiger partial charge in [-0.05, 0) is 42.8 Å². The highest BCUT2D eigenvalue weighted by Crippen LogP contribution is 2.28. The Bertz CT molecular complexity index is 1040. The standard InChI is InChI=1S/C25H28N2O5/c1-4-31-17-24(28)26-20-8-5-7-19(16-20)21-9-6-10-25(27-21)32-14-13-18-11-12-22(29-2)23(15-18)30-3/h5-12,15-16H,4,13-14,17H2,1-3H3,(H,26,28). The first-order chi connectivity index (χ1) is 15.6. The summed E-state index contributed by atoms with van der Waals surface area (Å²) in [5.74, 6) is 1.74. The fraction of sp³-hybridized carbons (Fsp3) is 0.280. The van der Waals surface area contributed by atoms with Gasteiger partial charge in [-0.3, -0.25) is 4.79 Å². The topological polar surface area (TPSA) is 78.9 Å². The van der Waals surface area contributed by atoms with Gasteiger partial charge in [-0.15, -0.1) is 0 Å². The van der Waals surface area contributed by atoms with Crippen LogP contribution in [0.1, 0.15) is 12.5 Å². The maximum Gasteiger partial charge on any atom is 0.250 e. The van der Waals surface area contributed by atoms with E-state index in [1.165, 1.54) is 0 Å². The summed E-state index contributed by atoms with van der Waals surface area (Å²) in [5.41, 5.74) is 3.40. The molecule has 0 bridgehead atoms.